The summed E-state index contributed by atoms with van der Waals surface area (Å²) < 4.78 is 10.7. The van der Waals surface area contributed by atoms with Crippen LogP contribution in [0.2, 0.25) is 0 Å². The minimum absolute atomic E-state index is 0.196. The van der Waals surface area contributed by atoms with Crippen molar-refractivity contribution in [1.29, 1.82) is 0 Å². The van der Waals surface area contributed by atoms with Crippen molar-refractivity contribution in [1.82, 2.24) is 4.98 Å². The summed E-state index contributed by atoms with van der Waals surface area (Å²) in [5.74, 6) is 1.43. The van der Waals surface area contributed by atoms with Crippen molar-refractivity contribution in [3.63, 3.8) is 0 Å². The Balaban J connectivity index is 1.54. The first kappa shape index (κ1) is 18.8. The third kappa shape index (κ3) is 4.01. The number of para-hydroxylation sites is 1. The lowest BCUT2D eigenvalue weighted by Crippen LogP contribution is -2.12. The van der Waals surface area contributed by atoms with Crippen LogP contribution in [0.1, 0.15) is 41.3 Å². The van der Waals surface area contributed by atoms with Crippen molar-refractivity contribution in [2.75, 3.05) is 17.4 Å². The van der Waals surface area contributed by atoms with Crippen LogP contribution in [0.3, 0.4) is 0 Å². The van der Waals surface area contributed by atoms with E-state index >= 15 is 0 Å². The predicted molar refractivity (Wildman–Crippen MR) is 113 cm³/mol. The SMILES string of the molecule is Cc1cccc(C(C)C)c1Nc1cncc(C(=O)Nc2ccc3c(c2)OCO3)c1. The maximum Gasteiger partial charge on any atom is 0.257 e. The Bertz CT molecular complexity index is 1060. The largest absolute Gasteiger partial charge is 0.454 e. The van der Waals surface area contributed by atoms with Gasteiger partial charge in [-0.15, -0.1) is 0 Å². The van der Waals surface area contributed by atoms with E-state index in [4.69, 9.17) is 9.47 Å². The molecule has 0 spiro atoms. The number of fused-ring (bicyclic) bond motifs is 1. The van der Waals surface area contributed by atoms with E-state index in [0.717, 1.165) is 16.9 Å². The average Bonchev–Trinajstić information content (AvgIpc) is 3.17. The van der Waals surface area contributed by atoms with Crippen LogP contribution in [0.5, 0.6) is 11.5 Å². The molecule has 1 aliphatic rings. The fraction of sp³-hybridized carbons (Fsp3) is 0.217. The fourth-order valence-corrected chi connectivity index (χ4v) is 3.30. The van der Waals surface area contributed by atoms with Gasteiger partial charge in [-0.1, -0.05) is 32.0 Å². The summed E-state index contributed by atoms with van der Waals surface area (Å²) in [5.41, 5.74) is 5.29. The Hall–Kier alpha value is -3.54. The molecule has 1 aliphatic heterocycles. The second-order valence-electron chi connectivity index (χ2n) is 7.30. The van der Waals surface area contributed by atoms with Gasteiger partial charge in [0.05, 0.1) is 17.4 Å². The molecule has 0 bridgehead atoms. The zero-order chi connectivity index (χ0) is 20.4. The number of aryl methyl sites for hydroxylation is 1. The second kappa shape index (κ2) is 7.83. The number of benzene rings is 2. The minimum atomic E-state index is -0.242. The molecule has 0 saturated heterocycles. The Morgan fingerprint density at radius 3 is 2.69 bits per heavy atom. The number of pyridine rings is 1. The standard InChI is InChI=1S/C23H23N3O3/c1-14(2)19-6-4-5-15(3)22(19)25-18-9-16(11-24-12-18)23(27)26-17-7-8-20-21(10-17)29-13-28-20/h4-12,14,25H,13H2,1-3H3,(H,26,27). The molecule has 2 N–H and O–H groups in total. The first-order valence-corrected chi connectivity index (χ1v) is 9.54. The van der Waals surface area contributed by atoms with Gasteiger partial charge in [0.25, 0.3) is 5.91 Å². The molecule has 0 radical (unpaired) electrons. The second-order valence-corrected chi connectivity index (χ2v) is 7.30. The zero-order valence-corrected chi connectivity index (χ0v) is 16.7. The smallest absolute Gasteiger partial charge is 0.257 e. The van der Waals surface area contributed by atoms with Gasteiger partial charge in [-0.2, -0.15) is 0 Å². The molecule has 0 atom stereocenters. The third-order valence-electron chi connectivity index (χ3n) is 4.83. The van der Waals surface area contributed by atoms with E-state index in [9.17, 15) is 4.79 Å². The summed E-state index contributed by atoms with van der Waals surface area (Å²) in [6.07, 6.45) is 3.27. The summed E-state index contributed by atoms with van der Waals surface area (Å²) in [5, 5.41) is 6.31. The number of hydrogen-bond donors (Lipinski definition) is 2. The van der Waals surface area contributed by atoms with Gasteiger partial charge in [0.2, 0.25) is 6.79 Å². The number of nitrogens with one attached hydrogen (secondary N) is 2. The molecule has 148 valence electrons. The number of rotatable bonds is 5. The van der Waals surface area contributed by atoms with Crippen molar-refractivity contribution in [3.05, 3.63) is 71.5 Å². The summed E-state index contributed by atoms with van der Waals surface area (Å²) in [7, 11) is 0. The van der Waals surface area contributed by atoms with Gasteiger partial charge in [0.15, 0.2) is 11.5 Å². The molecule has 2 aromatic carbocycles. The van der Waals surface area contributed by atoms with Crippen LogP contribution in [-0.2, 0) is 0 Å². The van der Waals surface area contributed by atoms with Gasteiger partial charge in [-0.05, 0) is 42.2 Å². The van der Waals surface area contributed by atoms with Gasteiger partial charge < -0.3 is 20.1 Å². The molecule has 0 unspecified atom stereocenters. The summed E-state index contributed by atoms with van der Waals surface area (Å²) in [6, 6.07) is 13.3. The molecule has 1 amide bonds. The lowest BCUT2D eigenvalue weighted by Gasteiger charge is -2.17. The predicted octanol–water partition coefficient (Wildman–Crippen LogP) is 5.24. The van der Waals surface area contributed by atoms with E-state index in [-0.39, 0.29) is 12.7 Å². The number of carbonyl (C=O) groups excluding carboxylic acids is 1. The minimum Gasteiger partial charge on any atom is -0.454 e. The maximum atomic E-state index is 12.7. The van der Waals surface area contributed by atoms with Crippen molar-refractivity contribution < 1.29 is 14.3 Å². The number of hydrogen-bond acceptors (Lipinski definition) is 5. The number of carbonyl (C=O) groups is 1. The van der Waals surface area contributed by atoms with E-state index in [2.05, 4.69) is 54.6 Å². The van der Waals surface area contributed by atoms with Crippen LogP contribution in [0.4, 0.5) is 17.1 Å². The van der Waals surface area contributed by atoms with Crippen LogP contribution < -0.4 is 20.1 Å². The van der Waals surface area contributed by atoms with Crippen molar-refractivity contribution >= 4 is 23.0 Å². The number of anilines is 3. The lowest BCUT2D eigenvalue weighted by atomic mass is 9.98. The highest BCUT2D eigenvalue weighted by atomic mass is 16.7. The Kier molecular flexibility index (Phi) is 5.08. The monoisotopic (exact) mass is 389 g/mol. The molecule has 2 heterocycles. The van der Waals surface area contributed by atoms with Gasteiger partial charge in [-0.3, -0.25) is 9.78 Å². The fourth-order valence-electron chi connectivity index (χ4n) is 3.30. The van der Waals surface area contributed by atoms with Gasteiger partial charge in [0, 0.05) is 23.6 Å². The Morgan fingerprint density at radius 2 is 1.86 bits per heavy atom. The first-order chi connectivity index (χ1) is 14.0. The first-order valence-electron chi connectivity index (χ1n) is 9.54. The zero-order valence-electron chi connectivity index (χ0n) is 16.7. The molecule has 4 rings (SSSR count). The maximum absolute atomic E-state index is 12.7. The van der Waals surface area contributed by atoms with Crippen molar-refractivity contribution in [2.45, 2.75) is 26.7 Å². The average molecular weight is 389 g/mol. The van der Waals surface area contributed by atoms with Gasteiger partial charge >= 0.3 is 0 Å². The lowest BCUT2D eigenvalue weighted by molar-refractivity contribution is 0.102. The highest BCUT2D eigenvalue weighted by Gasteiger charge is 2.15. The molecular weight excluding hydrogens is 366 g/mol. The molecule has 3 aromatic rings. The van der Waals surface area contributed by atoms with E-state index in [0.29, 0.717) is 28.7 Å². The molecule has 29 heavy (non-hydrogen) atoms. The molecule has 0 saturated carbocycles. The topological polar surface area (TPSA) is 72.5 Å². The molecule has 0 fully saturated rings. The van der Waals surface area contributed by atoms with Crippen LogP contribution in [0.25, 0.3) is 0 Å². The van der Waals surface area contributed by atoms with E-state index < -0.39 is 0 Å². The highest BCUT2D eigenvalue weighted by Crippen LogP contribution is 2.34. The van der Waals surface area contributed by atoms with Crippen LogP contribution in [0.15, 0.2) is 54.9 Å². The molecule has 6 nitrogen and oxygen atoms in total. The number of nitrogens with zero attached hydrogens (tertiary/aromatic N) is 1. The van der Waals surface area contributed by atoms with Crippen molar-refractivity contribution in [3.8, 4) is 11.5 Å². The van der Waals surface area contributed by atoms with E-state index in [1.165, 1.54) is 5.56 Å². The molecule has 6 heteroatoms. The normalized spacial score (nSPS) is 12.1. The number of ether oxygens (including phenoxy) is 2. The van der Waals surface area contributed by atoms with Crippen LogP contribution in [0, 0.1) is 6.92 Å². The van der Waals surface area contributed by atoms with Gasteiger partial charge in [-0.25, -0.2) is 0 Å². The van der Waals surface area contributed by atoms with E-state index in [1.54, 1.807) is 36.7 Å². The molecule has 1 aromatic heterocycles. The van der Waals surface area contributed by atoms with Gasteiger partial charge in [0.1, 0.15) is 0 Å². The highest BCUT2D eigenvalue weighted by molar-refractivity contribution is 6.04. The Morgan fingerprint density at radius 1 is 1.03 bits per heavy atom. The van der Waals surface area contributed by atoms with Crippen molar-refractivity contribution in [2.24, 2.45) is 0 Å². The van der Waals surface area contributed by atoms with Crippen LogP contribution >= 0.6 is 0 Å². The Labute approximate surface area is 169 Å². The summed E-state index contributed by atoms with van der Waals surface area (Å²) >= 11 is 0. The summed E-state index contributed by atoms with van der Waals surface area (Å²) in [4.78, 5) is 16.9. The molecule has 0 aliphatic carbocycles. The number of aromatic nitrogens is 1. The summed E-state index contributed by atoms with van der Waals surface area (Å²) in [6.45, 7) is 6.58. The van der Waals surface area contributed by atoms with E-state index in [1.807, 2.05) is 0 Å². The third-order valence-corrected chi connectivity index (χ3v) is 4.83. The number of amides is 1. The molecular formula is C23H23N3O3. The van der Waals surface area contributed by atoms with Crippen LogP contribution in [-0.4, -0.2) is 17.7 Å². The quantitative estimate of drug-likeness (QED) is 0.624.